The number of hydrogen-bond donors (Lipinski definition) is 2. The quantitative estimate of drug-likeness (QED) is 0.206. The number of carbonyl (C=O) groups is 3. The summed E-state index contributed by atoms with van der Waals surface area (Å²) >= 11 is 2.97. The summed E-state index contributed by atoms with van der Waals surface area (Å²) in [4.78, 5) is 41.3. The zero-order valence-corrected chi connectivity index (χ0v) is 24.4. The lowest BCUT2D eigenvalue weighted by Gasteiger charge is -2.16. The third-order valence-corrected chi connectivity index (χ3v) is 9.38. The maximum Gasteiger partial charge on any atom is 0.341 e. The van der Waals surface area contributed by atoms with Crippen LogP contribution in [0, 0.1) is 6.92 Å². The van der Waals surface area contributed by atoms with Crippen molar-refractivity contribution in [2.75, 3.05) is 17.2 Å². The molecule has 0 fully saturated rings. The maximum absolute atomic E-state index is 13.5. The van der Waals surface area contributed by atoms with E-state index in [1.54, 1.807) is 13.0 Å². The second-order valence-electron chi connectivity index (χ2n) is 9.64. The van der Waals surface area contributed by atoms with Crippen LogP contribution in [0.4, 0.5) is 10.7 Å². The van der Waals surface area contributed by atoms with Crippen LogP contribution in [0.3, 0.4) is 0 Å². The first-order valence-electron chi connectivity index (χ1n) is 13.7. The highest BCUT2D eigenvalue weighted by Gasteiger charge is 2.28. The Kier molecular flexibility index (Phi) is 10.2. The van der Waals surface area contributed by atoms with Gasteiger partial charge in [-0.25, -0.2) is 4.79 Å². The van der Waals surface area contributed by atoms with E-state index in [1.165, 1.54) is 34.4 Å². The van der Waals surface area contributed by atoms with Gasteiger partial charge in [0.1, 0.15) is 5.00 Å². The molecule has 3 aromatic rings. The number of benzene rings is 2. The molecular formula is C31H36N2O4S2. The molecule has 2 N–H and O–H groups in total. The van der Waals surface area contributed by atoms with Crippen LogP contribution in [0.1, 0.15) is 82.7 Å². The van der Waals surface area contributed by atoms with Crippen LogP contribution in [0.25, 0.3) is 0 Å². The number of fused-ring (bicyclic) bond motifs is 1. The van der Waals surface area contributed by atoms with E-state index >= 15 is 0 Å². The van der Waals surface area contributed by atoms with Crippen LogP contribution in [0.15, 0.2) is 53.4 Å². The van der Waals surface area contributed by atoms with Gasteiger partial charge in [-0.05, 0) is 81.3 Å². The zero-order valence-electron chi connectivity index (χ0n) is 22.8. The first-order chi connectivity index (χ1) is 18.9. The fourth-order valence-electron chi connectivity index (χ4n) is 4.78. The van der Waals surface area contributed by atoms with E-state index in [4.69, 9.17) is 4.74 Å². The Labute approximate surface area is 238 Å². The molecule has 2 aromatic carbocycles. The van der Waals surface area contributed by atoms with Crippen LogP contribution in [0.5, 0.6) is 0 Å². The summed E-state index contributed by atoms with van der Waals surface area (Å²) in [7, 11) is 0. The third kappa shape index (κ3) is 7.31. The van der Waals surface area contributed by atoms with Crippen molar-refractivity contribution in [3.8, 4) is 0 Å². The first kappa shape index (κ1) is 28.9. The van der Waals surface area contributed by atoms with E-state index < -0.39 is 0 Å². The van der Waals surface area contributed by atoms with Crippen molar-refractivity contribution >= 4 is 51.6 Å². The van der Waals surface area contributed by atoms with E-state index in [-0.39, 0.29) is 23.0 Å². The zero-order chi connectivity index (χ0) is 27.8. The Morgan fingerprint density at radius 3 is 2.49 bits per heavy atom. The van der Waals surface area contributed by atoms with E-state index in [1.807, 2.05) is 56.3 Å². The molecule has 6 nitrogen and oxygen atoms in total. The average molecular weight is 565 g/mol. The van der Waals surface area contributed by atoms with Gasteiger partial charge in [0, 0.05) is 21.0 Å². The number of thioether (sulfide) groups is 1. The second-order valence-corrected chi connectivity index (χ2v) is 12.0. The molecule has 0 saturated carbocycles. The number of amides is 2. The molecular weight excluding hydrogens is 528 g/mol. The molecule has 0 spiro atoms. The summed E-state index contributed by atoms with van der Waals surface area (Å²) in [6.07, 6.45) is 6.83. The molecule has 1 aromatic heterocycles. The van der Waals surface area contributed by atoms with E-state index in [0.717, 1.165) is 48.1 Å². The van der Waals surface area contributed by atoms with Crippen molar-refractivity contribution in [1.29, 1.82) is 0 Å². The molecule has 1 unspecified atom stereocenters. The van der Waals surface area contributed by atoms with Crippen LogP contribution in [-0.2, 0) is 22.4 Å². The molecule has 0 saturated heterocycles. The Bertz CT molecular complexity index is 1330. The van der Waals surface area contributed by atoms with Gasteiger partial charge in [-0.2, -0.15) is 0 Å². The summed E-state index contributed by atoms with van der Waals surface area (Å²) < 4.78 is 5.39. The SMILES string of the molecule is CCOC(=O)c1c(NC(=O)C(CC)Sc2cccc(NC(=O)c3ccccc3C)c2)sc2c1CCCCCC2. The summed E-state index contributed by atoms with van der Waals surface area (Å²) in [6, 6.07) is 15.0. The van der Waals surface area contributed by atoms with E-state index in [9.17, 15) is 14.4 Å². The standard InChI is InChI=1S/C31H36N2O4S2/c1-4-25(38-22-15-12-14-21(19-22)32-28(34)23-16-11-10-13-20(23)3)29(35)33-30-27(31(36)37-5-2)24-17-8-6-7-9-18-26(24)39-30/h10-16,19,25H,4-9,17-18H2,1-3H3,(H,32,34)(H,33,35). The molecule has 4 rings (SSSR count). The van der Waals surface area contributed by atoms with Gasteiger partial charge in [0.15, 0.2) is 0 Å². The van der Waals surface area contributed by atoms with Crippen molar-refractivity contribution in [3.63, 3.8) is 0 Å². The number of carbonyl (C=O) groups excluding carboxylic acids is 3. The second kappa shape index (κ2) is 13.8. The minimum absolute atomic E-state index is 0.142. The number of aryl methyl sites for hydroxylation is 2. The molecule has 0 aliphatic heterocycles. The molecule has 2 amide bonds. The van der Waals surface area contributed by atoms with Gasteiger partial charge in [0.2, 0.25) is 5.91 Å². The summed E-state index contributed by atoms with van der Waals surface area (Å²) in [5.41, 5.74) is 3.79. The summed E-state index contributed by atoms with van der Waals surface area (Å²) in [5, 5.41) is 6.28. The lowest BCUT2D eigenvalue weighted by molar-refractivity contribution is -0.115. The highest BCUT2D eigenvalue weighted by atomic mass is 32.2. The van der Waals surface area contributed by atoms with Gasteiger partial charge in [-0.3, -0.25) is 9.59 Å². The average Bonchev–Trinajstić information content (AvgIpc) is 3.23. The van der Waals surface area contributed by atoms with Crippen LogP contribution in [0.2, 0.25) is 0 Å². The molecule has 39 heavy (non-hydrogen) atoms. The highest BCUT2D eigenvalue weighted by Crippen LogP contribution is 2.38. The molecule has 206 valence electrons. The predicted octanol–water partition coefficient (Wildman–Crippen LogP) is 7.65. The van der Waals surface area contributed by atoms with Crippen LogP contribution < -0.4 is 10.6 Å². The minimum atomic E-state index is -0.368. The minimum Gasteiger partial charge on any atom is -0.462 e. The smallest absolute Gasteiger partial charge is 0.341 e. The lowest BCUT2D eigenvalue weighted by Crippen LogP contribution is -2.25. The number of nitrogens with one attached hydrogen (secondary N) is 2. The normalized spacial score (nSPS) is 13.9. The van der Waals surface area contributed by atoms with Crippen molar-refractivity contribution in [2.45, 2.75) is 75.9 Å². The predicted molar refractivity (Wildman–Crippen MR) is 160 cm³/mol. The number of thiophene rings is 1. The maximum atomic E-state index is 13.5. The lowest BCUT2D eigenvalue weighted by atomic mass is 9.96. The van der Waals surface area contributed by atoms with Crippen LogP contribution >= 0.6 is 23.1 Å². The molecule has 1 heterocycles. The summed E-state index contributed by atoms with van der Waals surface area (Å²) in [5.74, 6) is -0.667. The monoisotopic (exact) mass is 564 g/mol. The molecule has 0 bridgehead atoms. The molecule has 0 radical (unpaired) electrons. The number of hydrogen-bond acceptors (Lipinski definition) is 6. The number of ether oxygens (including phenoxy) is 1. The molecule has 1 aliphatic carbocycles. The number of rotatable bonds is 9. The fraction of sp³-hybridized carbons (Fsp3) is 0.387. The van der Waals surface area contributed by atoms with Gasteiger partial charge in [0.05, 0.1) is 17.4 Å². The van der Waals surface area contributed by atoms with Crippen molar-refractivity contribution < 1.29 is 19.1 Å². The van der Waals surface area contributed by atoms with Gasteiger partial charge >= 0.3 is 5.97 Å². The Morgan fingerprint density at radius 1 is 0.974 bits per heavy atom. The van der Waals surface area contributed by atoms with Crippen molar-refractivity contribution in [3.05, 3.63) is 75.7 Å². The highest BCUT2D eigenvalue weighted by molar-refractivity contribution is 8.00. The fourth-order valence-corrected chi connectivity index (χ4v) is 7.07. The van der Waals surface area contributed by atoms with Gasteiger partial charge in [-0.1, -0.05) is 44.0 Å². The van der Waals surface area contributed by atoms with Crippen molar-refractivity contribution in [1.82, 2.24) is 0 Å². The van der Waals surface area contributed by atoms with E-state index in [2.05, 4.69) is 10.6 Å². The molecule has 1 atom stereocenters. The summed E-state index contributed by atoms with van der Waals surface area (Å²) in [6.45, 7) is 5.97. The Balaban J connectivity index is 1.50. The van der Waals surface area contributed by atoms with Gasteiger partial charge in [0.25, 0.3) is 5.91 Å². The Hall–Kier alpha value is -3.10. The van der Waals surface area contributed by atoms with Crippen LogP contribution in [-0.4, -0.2) is 29.6 Å². The molecule has 8 heteroatoms. The Morgan fingerprint density at radius 2 is 1.74 bits per heavy atom. The number of esters is 1. The van der Waals surface area contributed by atoms with E-state index in [0.29, 0.717) is 34.8 Å². The largest absolute Gasteiger partial charge is 0.462 e. The van der Waals surface area contributed by atoms with Gasteiger partial charge in [-0.15, -0.1) is 23.1 Å². The van der Waals surface area contributed by atoms with Crippen molar-refractivity contribution in [2.24, 2.45) is 0 Å². The third-order valence-electron chi connectivity index (χ3n) is 6.81. The van der Waals surface area contributed by atoms with Gasteiger partial charge < -0.3 is 15.4 Å². The topological polar surface area (TPSA) is 84.5 Å². The number of anilines is 2. The first-order valence-corrected chi connectivity index (χ1v) is 15.4. The molecule has 1 aliphatic rings.